The predicted molar refractivity (Wildman–Crippen MR) is 94.1 cm³/mol. The number of anilines is 2. The number of benzene rings is 2. The van der Waals surface area contributed by atoms with Gasteiger partial charge in [-0.2, -0.15) is 0 Å². The van der Waals surface area contributed by atoms with E-state index >= 15 is 0 Å². The van der Waals surface area contributed by atoms with Gasteiger partial charge in [-0.3, -0.25) is 0 Å². The zero-order valence-corrected chi connectivity index (χ0v) is 14.4. The highest BCUT2D eigenvalue weighted by molar-refractivity contribution is 5.59. The lowest BCUT2D eigenvalue weighted by atomic mass is 9.80. The summed E-state index contributed by atoms with van der Waals surface area (Å²) in [6, 6.07) is 8.03. The molecule has 2 aromatic carbocycles. The third kappa shape index (κ3) is 2.35. The zero-order chi connectivity index (χ0) is 16.7. The lowest BCUT2D eigenvalue weighted by molar-refractivity contribution is 0.0380. The van der Waals surface area contributed by atoms with Crippen LogP contribution >= 0.6 is 0 Å². The first kappa shape index (κ1) is 16.4. The van der Waals surface area contributed by atoms with Crippen LogP contribution in [-0.2, 0) is 10.3 Å². The number of methoxy groups -OCH3 is 1. The number of nitrogens with two attached hydrogens (primary N) is 2. The van der Waals surface area contributed by atoms with Gasteiger partial charge >= 0.3 is 0 Å². The van der Waals surface area contributed by atoms with Gasteiger partial charge in [0.1, 0.15) is 5.60 Å². The van der Waals surface area contributed by atoms with Gasteiger partial charge in [0.25, 0.3) is 0 Å². The largest absolute Gasteiger partial charge is 0.399 e. The third-order valence-electron chi connectivity index (χ3n) is 5.09. The van der Waals surface area contributed by atoms with Crippen molar-refractivity contribution in [2.75, 3.05) is 18.6 Å². The molecule has 0 atom stereocenters. The topological polar surface area (TPSA) is 61.3 Å². The Morgan fingerprint density at radius 3 is 1.41 bits per heavy atom. The predicted octanol–water partition coefficient (Wildman–Crippen LogP) is 3.99. The van der Waals surface area contributed by atoms with Crippen molar-refractivity contribution in [3.05, 3.63) is 57.6 Å². The van der Waals surface area contributed by atoms with E-state index in [1.165, 1.54) is 11.1 Å². The minimum atomic E-state index is -0.537. The summed E-state index contributed by atoms with van der Waals surface area (Å²) >= 11 is 0. The first-order valence-corrected chi connectivity index (χ1v) is 7.51. The molecule has 4 N–H and O–H groups in total. The summed E-state index contributed by atoms with van der Waals surface area (Å²) in [6.07, 6.45) is 0. The van der Waals surface area contributed by atoms with Crippen molar-refractivity contribution in [1.29, 1.82) is 0 Å². The second kappa shape index (κ2) is 5.65. The molecule has 0 saturated heterocycles. The maximum atomic E-state index is 6.03. The van der Waals surface area contributed by atoms with Gasteiger partial charge in [-0.05, 0) is 80.1 Å². The Balaban J connectivity index is 2.74. The second-order valence-corrected chi connectivity index (χ2v) is 6.14. The molecular weight excluding hydrogens is 272 g/mol. The molecule has 0 saturated carbocycles. The van der Waals surface area contributed by atoms with Crippen molar-refractivity contribution in [2.45, 2.75) is 40.2 Å². The number of hydrogen-bond donors (Lipinski definition) is 2. The van der Waals surface area contributed by atoms with Crippen LogP contribution in [-0.4, -0.2) is 7.11 Å². The average molecular weight is 298 g/mol. The van der Waals surface area contributed by atoms with Crippen LogP contribution in [0.1, 0.15) is 40.3 Å². The maximum absolute atomic E-state index is 6.03. The summed E-state index contributed by atoms with van der Waals surface area (Å²) in [6.45, 7) is 10.4. The third-order valence-corrected chi connectivity index (χ3v) is 5.09. The van der Waals surface area contributed by atoms with Gasteiger partial charge < -0.3 is 16.2 Å². The van der Waals surface area contributed by atoms with Crippen molar-refractivity contribution >= 4 is 11.4 Å². The van der Waals surface area contributed by atoms with E-state index in [1.54, 1.807) is 7.11 Å². The molecule has 0 amide bonds. The van der Waals surface area contributed by atoms with E-state index in [-0.39, 0.29) is 0 Å². The van der Waals surface area contributed by atoms with Crippen molar-refractivity contribution in [3.63, 3.8) is 0 Å². The van der Waals surface area contributed by atoms with Gasteiger partial charge in [0, 0.05) is 18.5 Å². The molecule has 0 aromatic heterocycles. The van der Waals surface area contributed by atoms with Gasteiger partial charge in [-0.1, -0.05) is 12.1 Å². The molecular formula is C19H26N2O. The fraction of sp³-hybridized carbons (Fsp3) is 0.368. The van der Waals surface area contributed by atoms with Crippen LogP contribution in [0.3, 0.4) is 0 Å². The van der Waals surface area contributed by atoms with Gasteiger partial charge in [-0.25, -0.2) is 0 Å². The zero-order valence-electron chi connectivity index (χ0n) is 14.4. The first-order valence-electron chi connectivity index (χ1n) is 7.51. The molecule has 0 bridgehead atoms. The Kier molecular flexibility index (Phi) is 4.21. The highest BCUT2D eigenvalue weighted by atomic mass is 16.5. The van der Waals surface area contributed by atoms with Crippen LogP contribution in [0.5, 0.6) is 0 Å². The summed E-state index contributed by atoms with van der Waals surface area (Å²) in [7, 11) is 1.75. The Morgan fingerprint density at radius 1 is 0.727 bits per heavy atom. The average Bonchev–Trinajstić information content (AvgIpc) is 2.50. The molecule has 0 heterocycles. The lowest BCUT2D eigenvalue weighted by Crippen LogP contribution is -2.29. The van der Waals surface area contributed by atoms with Crippen LogP contribution in [0.4, 0.5) is 11.4 Å². The van der Waals surface area contributed by atoms with E-state index < -0.39 is 5.60 Å². The molecule has 3 nitrogen and oxygen atoms in total. The van der Waals surface area contributed by atoms with Crippen molar-refractivity contribution in [2.24, 2.45) is 0 Å². The molecule has 0 aliphatic rings. The number of hydrogen-bond acceptors (Lipinski definition) is 3. The fourth-order valence-electron chi connectivity index (χ4n) is 3.08. The van der Waals surface area contributed by atoms with Crippen LogP contribution in [0.15, 0.2) is 24.3 Å². The standard InChI is InChI=1S/C19H26N2O/c1-11-13(3)17(20)9-7-15(11)19(5,22-6)16-8-10-18(21)14(4)12(16)2/h7-10H,20-21H2,1-6H3. The summed E-state index contributed by atoms with van der Waals surface area (Å²) in [5.74, 6) is 0. The number of nitrogen functional groups attached to an aromatic ring is 2. The molecule has 22 heavy (non-hydrogen) atoms. The molecule has 0 unspecified atom stereocenters. The molecule has 118 valence electrons. The smallest absolute Gasteiger partial charge is 0.115 e. The summed E-state index contributed by atoms with van der Waals surface area (Å²) in [5, 5.41) is 0. The lowest BCUT2D eigenvalue weighted by Gasteiger charge is -2.33. The molecule has 0 aliphatic heterocycles. The Morgan fingerprint density at radius 2 is 1.09 bits per heavy atom. The Hall–Kier alpha value is -2.00. The summed E-state index contributed by atoms with van der Waals surface area (Å²) < 4.78 is 5.98. The molecule has 2 rings (SSSR count). The highest BCUT2D eigenvalue weighted by Gasteiger charge is 2.32. The normalized spacial score (nSPS) is 11.7. The monoisotopic (exact) mass is 298 g/mol. The van der Waals surface area contributed by atoms with Gasteiger partial charge in [0.15, 0.2) is 0 Å². The number of ether oxygens (including phenoxy) is 1. The van der Waals surface area contributed by atoms with Gasteiger partial charge in [0.05, 0.1) is 0 Å². The minimum Gasteiger partial charge on any atom is -0.399 e. The van der Waals surface area contributed by atoms with Crippen molar-refractivity contribution in [3.8, 4) is 0 Å². The SMILES string of the molecule is COC(C)(c1ccc(N)c(C)c1C)c1ccc(N)c(C)c1C. The van der Waals surface area contributed by atoms with E-state index in [1.807, 2.05) is 26.0 Å². The summed E-state index contributed by atoms with van der Waals surface area (Å²) in [4.78, 5) is 0. The van der Waals surface area contributed by atoms with E-state index in [0.29, 0.717) is 0 Å². The fourth-order valence-corrected chi connectivity index (χ4v) is 3.08. The van der Waals surface area contributed by atoms with E-state index in [4.69, 9.17) is 16.2 Å². The van der Waals surface area contributed by atoms with Crippen LogP contribution < -0.4 is 11.5 Å². The Labute approximate surface area is 133 Å². The van der Waals surface area contributed by atoms with Crippen LogP contribution in [0, 0.1) is 27.7 Å². The first-order chi connectivity index (χ1) is 10.2. The second-order valence-electron chi connectivity index (χ2n) is 6.14. The molecule has 0 spiro atoms. The maximum Gasteiger partial charge on any atom is 0.115 e. The summed E-state index contributed by atoms with van der Waals surface area (Å²) in [5.41, 5.74) is 19.9. The Bertz CT molecular complexity index is 662. The highest BCUT2D eigenvalue weighted by Crippen LogP contribution is 2.39. The van der Waals surface area contributed by atoms with Crippen molar-refractivity contribution in [1.82, 2.24) is 0 Å². The molecule has 3 heteroatoms. The van der Waals surface area contributed by atoms with E-state index in [9.17, 15) is 0 Å². The van der Waals surface area contributed by atoms with Gasteiger partial charge in [0.2, 0.25) is 0 Å². The van der Waals surface area contributed by atoms with Gasteiger partial charge in [-0.15, -0.1) is 0 Å². The molecule has 0 radical (unpaired) electrons. The van der Waals surface area contributed by atoms with E-state index in [0.717, 1.165) is 33.6 Å². The minimum absolute atomic E-state index is 0.537. The van der Waals surface area contributed by atoms with E-state index in [2.05, 4.69) is 32.9 Å². The molecule has 0 fully saturated rings. The van der Waals surface area contributed by atoms with Crippen LogP contribution in [0.25, 0.3) is 0 Å². The molecule has 2 aromatic rings. The number of rotatable bonds is 3. The molecule has 0 aliphatic carbocycles. The quantitative estimate of drug-likeness (QED) is 0.842. The van der Waals surface area contributed by atoms with Crippen molar-refractivity contribution < 1.29 is 4.74 Å². The van der Waals surface area contributed by atoms with Crippen LogP contribution in [0.2, 0.25) is 0 Å².